The summed E-state index contributed by atoms with van der Waals surface area (Å²) in [6.07, 6.45) is 14.4. The number of fused-ring (bicyclic) bond motifs is 7. The Morgan fingerprint density at radius 3 is 2.31 bits per heavy atom. The zero-order valence-corrected chi connectivity index (χ0v) is 26.5. The lowest BCUT2D eigenvalue weighted by Gasteiger charge is -2.70. The molecule has 0 radical (unpaired) electrons. The molecule has 0 unspecified atom stereocenters. The summed E-state index contributed by atoms with van der Waals surface area (Å²) in [6, 6.07) is -0.278. The standard InChI is InChI=1S/C35H48N2O5/c1-8-42-28(40)35(17-18-35)37-29(41)36-31(4)13-11-30(3)12-15-33(6)25-10-9-22-21(2)27(39)24(38)19-23(22)32(25,5)14-16-34(33,7)26(30)20-31/h9-10,19,26,39H,8,11-18,20H2,1-7H3,(H2,36,37,41)/t26-,30-,31-,32+,33-,34+/m1/s1. The zero-order valence-electron chi connectivity index (χ0n) is 26.5. The second-order valence-corrected chi connectivity index (χ2v) is 15.5. The van der Waals surface area contributed by atoms with Gasteiger partial charge in [0.2, 0.25) is 5.78 Å². The summed E-state index contributed by atoms with van der Waals surface area (Å²) >= 11 is 0. The van der Waals surface area contributed by atoms with Crippen LogP contribution < -0.4 is 10.6 Å². The van der Waals surface area contributed by atoms with E-state index < -0.39 is 5.54 Å². The Morgan fingerprint density at radius 1 is 0.952 bits per heavy atom. The molecule has 6 rings (SSSR count). The highest BCUT2D eigenvalue weighted by atomic mass is 16.5. The molecule has 0 aromatic heterocycles. The number of aliphatic hydroxyl groups is 1. The van der Waals surface area contributed by atoms with Crippen molar-refractivity contribution in [1.29, 1.82) is 0 Å². The van der Waals surface area contributed by atoms with E-state index in [1.165, 1.54) is 5.57 Å². The summed E-state index contributed by atoms with van der Waals surface area (Å²) in [6.45, 7) is 15.8. The summed E-state index contributed by atoms with van der Waals surface area (Å²) in [4.78, 5) is 38.5. The maximum Gasteiger partial charge on any atom is 0.331 e. The molecule has 7 heteroatoms. The number of allylic oxidation sites excluding steroid dienone is 7. The summed E-state index contributed by atoms with van der Waals surface area (Å²) < 4.78 is 5.23. The lowest BCUT2D eigenvalue weighted by Crippen LogP contribution is -2.65. The predicted molar refractivity (Wildman–Crippen MR) is 161 cm³/mol. The van der Waals surface area contributed by atoms with Gasteiger partial charge in [0.15, 0.2) is 5.76 Å². The van der Waals surface area contributed by atoms with Gasteiger partial charge in [-0.15, -0.1) is 0 Å². The van der Waals surface area contributed by atoms with Crippen molar-refractivity contribution in [2.45, 2.75) is 117 Å². The maximum absolute atomic E-state index is 13.3. The molecule has 0 spiro atoms. The van der Waals surface area contributed by atoms with Crippen LogP contribution >= 0.6 is 0 Å². The van der Waals surface area contributed by atoms with Gasteiger partial charge in [-0.25, -0.2) is 9.59 Å². The summed E-state index contributed by atoms with van der Waals surface area (Å²) in [5.41, 5.74) is 2.73. The number of ether oxygens (including phenoxy) is 1. The van der Waals surface area contributed by atoms with Crippen molar-refractivity contribution in [3.63, 3.8) is 0 Å². The van der Waals surface area contributed by atoms with E-state index in [9.17, 15) is 19.5 Å². The fourth-order valence-corrected chi connectivity index (χ4v) is 9.87. The number of rotatable bonds is 4. The van der Waals surface area contributed by atoms with Crippen LogP contribution in [0.2, 0.25) is 0 Å². The number of esters is 1. The van der Waals surface area contributed by atoms with E-state index >= 15 is 0 Å². The minimum atomic E-state index is -0.873. The Kier molecular flexibility index (Phi) is 6.33. The van der Waals surface area contributed by atoms with Crippen LogP contribution in [0.1, 0.15) is 106 Å². The van der Waals surface area contributed by atoms with Crippen molar-refractivity contribution >= 4 is 17.8 Å². The normalized spacial score (nSPS) is 41.5. The van der Waals surface area contributed by atoms with Crippen LogP contribution in [0, 0.1) is 27.6 Å². The predicted octanol–water partition coefficient (Wildman–Crippen LogP) is 6.76. The molecule has 7 nitrogen and oxygen atoms in total. The molecule has 4 fully saturated rings. The van der Waals surface area contributed by atoms with Gasteiger partial charge in [-0.3, -0.25) is 4.79 Å². The Hall–Kier alpha value is -2.83. The maximum atomic E-state index is 13.3. The molecule has 3 N–H and O–H groups in total. The van der Waals surface area contributed by atoms with Crippen LogP contribution in [0.5, 0.6) is 0 Å². The highest BCUT2D eigenvalue weighted by Gasteiger charge is 2.67. The van der Waals surface area contributed by atoms with E-state index in [-0.39, 0.29) is 50.7 Å². The van der Waals surface area contributed by atoms with E-state index in [4.69, 9.17) is 4.74 Å². The molecule has 228 valence electrons. The monoisotopic (exact) mass is 576 g/mol. The molecule has 6 aliphatic carbocycles. The number of aliphatic hydroxyl groups excluding tert-OH is 1. The number of hydrogen-bond donors (Lipinski definition) is 3. The lowest BCUT2D eigenvalue weighted by atomic mass is 9.35. The number of urea groups is 1. The minimum Gasteiger partial charge on any atom is -0.504 e. The fraction of sp³-hybridized carbons (Fsp3) is 0.686. The molecule has 0 aromatic carbocycles. The molecule has 0 aliphatic heterocycles. The van der Waals surface area contributed by atoms with Crippen molar-refractivity contribution in [3.8, 4) is 0 Å². The fourth-order valence-electron chi connectivity index (χ4n) is 9.87. The number of ketones is 1. The van der Waals surface area contributed by atoms with Crippen LogP contribution in [0.15, 0.2) is 46.3 Å². The van der Waals surface area contributed by atoms with E-state index in [1.54, 1.807) is 13.0 Å². The third-order valence-electron chi connectivity index (χ3n) is 13.1. The molecular weight excluding hydrogens is 528 g/mol. The average molecular weight is 577 g/mol. The Balaban J connectivity index is 1.30. The van der Waals surface area contributed by atoms with E-state index in [1.807, 2.05) is 6.92 Å². The molecule has 0 aromatic rings. The van der Waals surface area contributed by atoms with Gasteiger partial charge < -0.3 is 20.5 Å². The van der Waals surface area contributed by atoms with Gasteiger partial charge in [0.25, 0.3) is 0 Å². The smallest absolute Gasteiger partial charge is 0.331 e. The van der Waals surface area contributed by atoms with Crippen molar-refractivity contribution < 1.29 is 24.2 Å². The molecule has 42 heavy (non-hydrogen) atoms. The van der Waals surface area contributed by atoms with Gasteiger partial charge in [0.05, 0.1) is 6.61 Å². The van der Waals surface area contributed by atoms with Gasteiger partial charge in [-0.1, -0.05) is 45.4 Å². The van der Waals surface area contributed by atoms with Crippen LogP contribution in [0.3, 0.4) is 0 Å². The third-order valence-corrected chi connectivity index (χ3v) is 13.1. The number of nitrogens with one attached hydrogen (secondary N) is 2. The Morgan fingerprint density at radius 2 is 1.64 bits per heavy atom. The first-order valence-electron chi connectivity index (χ1n) is 15.9. The molecule has 0 bridgehead atoms. The highest BCUT2D eigenvalue weighted by Crippen LogP contribution is 2.75. The average Bonchev–Trinajstić information content (AvgIpc) is 3.71. The number of carbonyl (C=O) groups excluding carboxylic acids is 3. The molecular formula is C35H48N2O5. The molecule has 6 atom stereocenters. The van der Waals surface area contributed by atoms with Crippen LogP contribution in [0.4, 0.5) is 4.79 Å². The molecule has 2 amide bonds. The summed E-state index contributed by atoms with van der Waals surface area (Å²) in [5.74, 6) is -0.374. The Labute approximate surface area is 250 Å². The van der Waals surface area contributed by atoms with E-state index in [2.05, 4.69) is 57.4 Å². The van der Waals surface area contributed by atoms with E-state index in [0.717, 1.165) is 56.1 Å². The SMILES string of the molecule is CCOC(=O)C1(NC(=O)N[C@]2(C)CC[C@]3(C)CC[C@]4(C)C5=CC=C6C(=CC(=O)C(O)=C6C)[C@]5(C)CC[C@@]4(C)[C@@H]3C2)CC1. The quantitative estimate of drug-likeness (QED) is 0.321. The van der Waals surface area contributed by atoms with Crippen molar-refractivity contribution in [1.82, 2.24) is 10.6 Å². The molecule has 0 saturated heterocycles. The van der Waals surface area contributed by atoms with Gasteiger partial charge in [-0.05, 0) is 118 Å². The number of amides is 2. The first-order valence-corrected chi connectivity index (χ1v) is 15.9. The largest absolute Gasteiger partial charge is 0.504 e. The first-order chi connectivity index (χ1) is 19.6. The second-order valence-electron chi connectivity index (χ2n) is 15.5. The number of carbonyl (C=O) groups is 3. The molecule has 4 saturated carbocycles. The first kappa shape index (κ1) is 29.3. The minimum absolute atomic E-state index is 0.00539. The van der Waals surface area contributed by atoms with Crippen LogP contribution in [-0.4, -0.2) is 40.6 Å². The second kappa shape index (κ2) is 9.09. The zero-order chi connectivity index (χ0) is 30.5. The molecule has 0 heterocycles. The van der Waals surface area contributed by atoms with Crippen molar-refractivity contribution in [3.05, 3.63) is 46.3 Å². The van der Waals surface area contributed by atoms with Gasteiger partial charge in [-0.2, -0.15) is 0 Å². The Bertz CT molecular complexity index is 1400. The van der Waals surface area contributed by atoms with Gasteiger partial charge >= 0.3 is 12.0 Å². The summed E-state index contributed by atoms with van der Waals surface area (Å²) in [5, 5.41) is 16.7. The van der Waals surface area contributed by atoms with Crippen molar-refractivity contribution in [2.24, 2.45) is 27.6 Å². The third kappa shape index (κ3) is 3.93. The lowest BCUT2D eigenvalue weighted by molar-refractivity contribution is -0.153. The van der Waals surface area contributed by atoms with E-state index in [0.29, 0.717) is 30.9 Å². The van der Waals surface area contributed by atoms with Gasteiger partial charge in [0.1, 0.15) is 5.54 Å². The summed E-state index contributed by atoms with van der Waals surface area (Å²) in [7, 11) is 0. The van der Waals surface area contributed by atoms with Gasteiger partial charge in [0, 0.05) is 16.5 Å². The van der Waals surface area contributed by atoms with Crippen LogP contribution in [0.25, 0.3) is 0 Å². The van der Waals surface area contributed by atoms with Crippen LogP contribution in [-0.2, 0) is 14.3 Å². The van der Waals surface area contributed by atoms with Crippen molar-refractivity contribution in [2.75, 3.05) is 6.61 Å². The highest BCUT2D eigenvalue weighted by molar-refractivity contribution is 6.06. The molecule has 6 aliphatic rings. The number of hydrogen-bond acceptors (Lipinski definition) is 5. The topological polar surface area (TPSA) is 105 Å².